The van der Waals surface area contributed by atoms with Crippen LogP contribution in [0.2, 0.25) is 0 Å². The standard InChI is InChI=1S/C19H19N3O5/c1-20-14-12-13(5-6-15(14)27-19(20)25)17(23)21-7-3-8-22(10-9-21)18(24)16-4-2-11-26-16/h2,4-6,11-12H,3,7-10H2,1H3. The predicted molar refractivity (Wildman–Crippen MR) is 96.6 cm³/mol. The van der Waals surface area contributed by atoms with Crippen LogP contribution in [-0.4, -0.2) is 52.4 Å². The van der Waals surface area contributed by atoms with Gasteiger partial charge in [0.25, 0.3) is 11.8 Å². The Hall–Kier alpha value is -3.29. The van der Waals surface area contributed by atoms with E-state index in [9.17, 15) is 14.4 Å². The molecule has 3 aromatic rings. The van der Waals surface area contributed by atoms with Gasteiger partial charge in [-0.05, 0) is 36.8 Å². The van der Waals surface area contributed by atoms with Crippen molar-refractivity contribution >= 4 is 22.9 Å². The molecule has 0 spiro atoms. The van der Waals surface area contributed by atoms with Gasteiger partial charge in [0.2, 0.25) is 0 Å². The smallest absolute Gasteiger partial charge is 0.419 e. The lowest BCUT2D eigenvalue weighted by atomic mass is 10.1. The number of carbonyl (C=O) groups excluding carboxylic acids is 2. The number of nitrogens with zero attached hydrogens (tertiary/aromatic N) is 3. The molecule has 1 fully saturated rings. The summed E-state index contributed by atoms with van der Waals surface area (Å²) in [5.74, 6) is -0.445. The molecule has 1 aromatic carbocycles. The molecular weight excluding hydrogens is 350 g/mol. The molecule has 2 amide bonds. The molecule has 27 heavy (non-hydrogen) atoms. The van der Waals surface area contributed by atoms with Crippen molar-refractivity contribution < 1.29 is 18.4 Å². The number of benzene rings is 1. The van der Waals surface area contributed by atoms with E-state index in [2.05, 4.69) is 0 Å². The van der Waals surface area contributed by atoms with Crippen LogP contribution in [-0.2, 0) is 7.05 Å². The first-order valence-electron chi connectivity index (χ1n) is 8.76. The number of fused-ring (bicyclic) bond motifs is 1. The summed E-state index contributed by atoms with van der Waals surface area (Å²) in [7, 11) is 1.60. The Kier molecular flexibility index (Phi) is 4.31. The average molecular weight is 369 g/mol. The van der Waals surface area contributed by atoms with Gasteiger partial charge in [-0.3, -0.25) is 14.2 Å². The summed E-state index contributed by atoms with van der Waals surface area (Å²) in [6, 6.07) is 8.28. The monoisotopic (exact) mass is 369 g/mol. The quantitative estimate of drug-likeness (QED) is 0.686. The van der Waals surface area contributed by atoms with E-state index in [-0.39, 0.29) is 11.8 Å². The zero-order chi connectivity index (χ0) is 19.0. The molecule has 4 rings (SSSR count). The third-order valence-electron chi connectivity index (χ3n) is 4.84. The first-order valence-corrected chi connectivity index (χ1v) is 8.76. The van der Waals surface area contributed by atoms with E-state index < -0.39 is 5.76 Å². The summed E-state index contributed by atoms with van der Waals surface area (Å²) < 4.78 is 11.7. The third-order valence-corrected chi connectivity index (χ3v) is 4.84. The lowest BCUT2D eigenvalue weighted by molar-refractivity contribution is 0.0700. The van der Waals surface area contributed by atoms with Gasteiger partial charge in [-0.2, -0.15) is 0 Å². The van der Waals surface area contributed by atoms with Crippen molar-refractivity contribution in [2.24, 2.45) is 7.05 Å². The molecule has 3 heterocycles. The molecule has 2 aromatic heterocycles. The zero-order valence-electron chi connectivity index (χ0n) is 14.9. The van der Waals surface area contributed by atoms with Crippen LogP contribution < -0.4 is 5.76 Å². The van der Waals surface area contributed by atoms with E-state index >= 15 is 0 Å². The van der Waals surface area contributed by atoms with Crippen molar-refractivity contribution in [2.45, 2.75) is 6.42 Å². The number of rotatable bonds is 2. The highest BCUT2D eigenvalue weighted by atomic mass is 16.4. The van der Waals surface area contributed by atoms with Gasteiger partial charge >= 0.3 is 5.76 Å². The largest absolute Gasteiger partial charge is 0.459 e. The van der Waals surface area contributed by atoms with Crippen LogP contribution >= 0.6 is 0 Å². The maximum Gasteiger partial charge on any atom is 0.419 e. The SMILES string of the molecule is Cn1c(=O)oc2ccc(C(=O)N3CCCN(C(=O)c4ccco4)CC3)cc21. The summed E-state index contributed by atoms with van der Waals surface area (Å²) in [6.45, 7) is 2.01. The second-order valence-corrected chi connectivity index (χ2v) is 6.52. The fourth-order valence-electron chi connectivity index (χ4n) is 3.32. The molecule has 0 unspecified atom stereocenters. The van der Waals surface area contributed by atoms with Crippen molar-refractivity contribution in [1.29, 1.82) is 0 Å². The number of oxazole rings is 1. The van der Waals surface area contributed by atoms with Crippen molar-refractivity contribution in [3.8, 4) is 0 Å². The summed E-state index contributed by atoms with van der Waals surface area (Å²) in [6.07, 6.45) is 2.16. The number of carbonyl (C=O) groups is 2. The van der Waals surface area contributed by atoms with Gasteiger partial charge in [0.1, 0.15) is 0 Å². The van der Waals surface area contributed by atoms with Crippen molar-refractivity contribution in [2.75, 3.05) is 26.2 Å². The topological polar surface area (TPSA) is 88.9 Å². The molecule has 1 saturated heterocycles. The normalized spacial score (nSPS) is 15.1. The highest BCUT2D eigenvalue weighted by Gasteiger charge is 2.25. The van der Waals surface area contributed by atoms with E-state index in [4.69, 9.17) is 8.83 Å². The lowest BCUT2D eigenvalue weighted by Gasteiger charge is -2.21. The van der Waals surface area contributed by atoms with Crippen LogP contribution in [0.15, 0.2) is 50.2 Å². The first-order chi connectivity index (χ1) is 13.0. The minimum atomic E-state index is -0.462. The summed E-state index contributed by atoms with van der Waals surface area (Å²) >= 11 is 0. The zero-order valence-corrected chi connectivity index (χ0v) is 14.9. The molecule has 0 N–H and O–H groups in total. The summed E-state index contributed by atoms with van der Waals surface area (Å²) in [5.41, 5.74) is 1.52. The lowest BCUT2D eigenvalue weighted by Crippen LogP contribution is -2.37. The molecule has 0 bridgehead atoms. The number of aryl methyl sites for hydroxylation is 1. The van der Waals surface area contributed by atoms with Gasteiger partial charge in [-0.25, -0.2) is 4.79 Å². The van der Waals surface area contributed by atoms with Crippen molar-refractivity contribution in [1.82, 2.24) is 14.4 Å². The van der Waals surface area contributed by atoms with Crippen LogP contribution in [0.5, 0.6) is 0 Å². The van der Waals surface area contributed by atoms with Gasteiger partial charge < -0.3 is 18.6 Å². The molecule has 0 radical (unpaired) electrons. The van der Waals surface area contributed by atoms with Crippen LogP contribution in [0.1, 0.15) is 27.3 Å². The second-order valence-electron chi connectivity index (χ2n) is 6.52. The minimum Gasteiger partial charge on any atom is -0.459 e. The predicted octanol–water partition coefficient (Wildman–Crippen LogP) is 1.71. The number of amides is 2. The fourth-order valence-corrected chi connectivity index (χ4v) is 3.32. The van der Waals surface area contributed by atoms with Crippen molar-refractivity contribution in [3.63, 3.8) is 0 Å². The molecule has 0 atom stereocenters. The molecule has 1 aliphatic rings. The molecule has 140 valence electrons. The fraction of sp³-hybridized carbons (Fsp3) is 0.316. The Morgan fingerprint density at radius 2 is 1.74 bits per heavy atom. The second kappa shape index (κ2) is 6.79. The van der Waals surface area contributed by atoms with Gasteiger partial charge in [-0.1, -0.05) is 0 Å². The molecule has 8 nitrogen and oxygen atoms in total. The number of furan rings is 1. The first kappa shape index (κ1) is 17.1. The Morgan fingerprint density at radius 1 is 1.00 bits per heavy atom. The van der Waals surface area contributed by atoms with Gasteiger partial charge in [-0.15, -0.1) is 0 Å². The van der Waals surface area contributed by atoms with E-state index in [0.29, 0.717) is 55.0 Å². The highest BCUT2D eigenvalue weighted by molar-refractivity contribution is 5.97. The van der Waals surface area contributed by atoms with Crippen LogP contribution in [0, 0.1) is 0 Å². The molecule has 0 aliphatic carbocycles. The maximum atomic E-state index is 12.9. The Bertz CT molecular complexity index is 1050. The third kappa shape index (κ3) is 3.14. The van der Waals surface area contributed by atoms with Gasteiger partial charge in [0, 0.05) is 38.8 Å². The maximum absolute atomic E-state index is 12.9. The van der Waals surface area contributed by atoms with Crippen molar-refractivity contribution in [3.05, 3.63) is 58.5 Å². The van der Waals surface area contributed by atoms with Gasteiger partial charge in [0.15, 0.2) is 11.3 Å². The Balaban J connectivity index is 1.50. The molecule has 0 saturated carbocycles. The van der Waals surface area contributed by atoms with Crippen LogP contribution in [0.4, 0.5) is 0 Å². The average Bonchev–Trinajstić information content (AvgIpc) is 3.22. The molecular formula is C19H19N3O5. The minimum absolute atomic E-state index is 0.127. The van der Waals surface area contributed by atoms with Gasteiger partial charge in [0.05, 0.1) is 11.8 Å². The van der Waals surface area contributed by atoms with E-state index in [1.807, 2.05) is 0 Å². The Morgan fingerprint density at radius 3 is 2.44 bits per heavy atom. The van der Waals surface area contributed by atoms with E-state index in [1.165, 1.54) is 10.8 Å². The summed E-state index contributed by atoms with van der Waals surface area (Å²) in [5, 5.41) is 0. The highest BCUT2D eigenvalue weighted by Crippen LogP contribution is 2.17. The number of hydrogen-bond donors (Lipinski definition) is 0. The van der Waals surface area contributed by atoms with Crippen LogP contribution in [0.3, 0.4) is 0 Å². The molecule has 8 heteroatoms. The van der Waals surface area contributed by atoms with E-state index in [0.717, 1.165) is 0 Å². The Labute approximate surface area is 154 Å². The number of hydrogen-bond acceptors (Lipinski definition) is 5. The van der Waals surface area contributed by atoms with Crippen LogP contribution in [0.25, 0.3) is 11.1 Å². The summed E-state index contributed by atoms with van der Waals surface area (Å²) in [4.78, 5) is 40.4. The number of aromatic nitrogens is 1. The molecule has 1 aliphatic heterocycles. The van der Waals surface area contributed by atoms with E-state index in [1.54, 1.807) is 47.2 Å².